The SMILES string of the molecule is C#CCO[C@H]1C(O)[C@@H](CO)O[C@H]1n1cnc2c(N)ncnc21.C#CCO[C@H]1C(O)[C@@H](CO)O[C@H]1n1cnc2c(NC(=O)c3ccccc3)ncnc21.C=CCBr.N.Nc1ncnc2c1ncn2[C@@H]1O[C@H](CO)C(O)[C@@H]1O.O. The van der Waals surface area contributed by atoms with Crippen molar-refractivity contribution >= 4 is 72.8 Å². The van der Waals surface area contributed by atoms with Gasteiger partial charge in [0.05, 0.1) is 38.8 Å². The molecule has 17 N–H and O–H groups in total. The number of aliphatic hydroxyl groups is 7. The lowest BCUT2D eigenvalue weighted by Crippen LogP contribution is -2.35. The molecule has 6 aromatic heterocycles. The highest BCUT2D eigenvalue weighted by molar-refractivity contribution is 9.09. The van der Waals surface area contributed by atoms with Gasteiger partial charge in [-0.2, -0.15) is 0 Å². The molecule has 3 aliphatic rings. The van der Waals surface area contributed by atoms with Crippen LogP contribution in [-0.4, -0.2) is 199 Å². The summed E-state index contributed by atoms with van der Waals surface area (Å²) in [6, 6.07) is 8.70. The number of allylic oxidation sites excluding steroid dienone is 1. The lowest BCUT2D eigenvalue weighted by atomic mass is 10.1. The van der Waals surface area contributed by atoms with Crippen LogP contribution in [0, 0.1) is 24.7 Å². The fourth-order valence-electron chi connectivity index (χ4n) is 7.96. The number of aliphatic hydroxyl groups excluding tert-OH is 7. The van der Waals surface area contributed by atoms with Gasteiger partial charge in [-0.15, -0.1) is 19.4 Å². The van der Waals surface area contributed by atoms with Crippen LogP contribution >= 0.6 is 15.9 Å². The van der Waals surface area contributed by atoms with Gasteiger partial charge in [0.1, 0.15) is 98.2 Å². The number of amides is 1. The molecule has 31 heteroatoms. The van der Waals surface area contributed by atoms with Gasteiger partial charge in [-0.25, -0.2) is 44.9 Å². The van der Waals surface area contributed by atoms with Crippen LogP contribution in [-0.2, 0) is 23.7 Å². The topological polar surface area (TPSA) is 466 Å². The molecule has 77 heavy (non-hydrogen) atoms. The molecule has 1 amide bonds. The number of alkyl halides is 1. The fraction of sp³-hybridized carbons (Fsp3) is 0.391. The van der Waals surface area contributed by atoms with Gasteiger partial charge in [0.2, 0.25) is 0 Å². The Kier molecular flexibility index (Phi) is 22.2. The number of carbonyl (C=O) groups is 1. The number of benzene rings is 1. The fourth-order valence-corrected chi connectivity index (χ4v) is 7.96. The molecule has 0 spiro atoms. The smallest absolute Gasteiger partial charge is 0.256 e. The molecule has 7 aromatic rings. The normalized spacial score (nSPS) is 25.1. The summed E-state index contributed by atoms with van der Waals surface area (Å²) in [5, 5.41) is 71.8. The Morgan fingerprint density at radius 1 is 0.662 bits per heavy atom. The Morgan fingerprint density at radius 3 is 1.49 bits per heavy atom. The first kappa shape index (κ1) is 60.6. The van der Waals surface area contributed by atoms with Gasteiger partial charge in [-0.05, 0) is 12.1 Å². The molecule has 0 bridgehead atoms. The number of terminal acetylenes is 2. The number of anilines is 3. The molecule has 3 unspecified atom stereocenters. The first-order valence-electron chi connectivity index (χ1n) is 22.5. The third kappa shape index (κ3) is 13.1. The van der Waals surface area contributed by atoms with Gasteiger partial charge in [0, 0.05) is 10.9 Å². The molecule has 0 radical (unpaired) electrons. The van der Waals surface area contributed by atoms with Crippen molar-refractivity contribution in [3.8, 4) is 24.7 Å². The Bertz CT molecular complexity index is 3100. The predicted octanol–water partition coefficient (Wildman–Crippen LogP) is -2.05. The molecule has 3 aliphatic heterocycles. The molecule has 0 saturated carbocycles. The Hall–Kier alpha value is -7.28. The average Bonchev–Trinajstić information content (AvgIpc) is 4.34. The van der Waals surface area contributed by atoms with Crippen LogP contribution < -0.4 is 22.9 Å². The summed E-state index contributed by atoms with van der Waals surface area (Å²) in [5.41, 5.74) is 14.2. The number of hydrogen-bond acceptors (Lipinski definition) is 25. The highest BCUT2D eigenvalue weighted by atomic mass is 79.9. The number of aromatic nitrogens is 12. The number of fused-ring (bicyclic) bond motifs is 3. The zero-order valence-corrected chi connectivity index (χ0v) is 42.2. The molecule has 1 aromatic carbocycles. The van der Waals surface area contributed by atoms with E-state index in [1.54, 1.807) is 39.5 Å². The minimum absolute atomic E-state index is 0. The maximum Gasteiger partial charge on any atom is 0.256 e. The average molecular weight is 1140 g/mol. The van der Waals surface area contributed by atoms with E-state index in [-0.39, 0.29) is 54.8 Å². The molecule has 30 nitrogen and oxygen atoms in total. The van der Waals surface area contributed by atoms with E-state index in [4.69, 9.17) is 53.1 Å². The lowest BCUT2D eigenvalue weighted by Gasteiger charge is -2.21. The quantitative estimate of drug-likeness (QED) is 0.0336. The predicted molar refractivity (Wildman–Crippen MR) is 276 cm³/mol. The first-order chi connectivity index (χ1) is 36.3. The number of carbonyl (C=O) groups excluding carboxylic acids is 1. The van der Waals surface area contributed by atoms with Crippen molar-refractivity contribution in [1.82, 2.24) is 64.7 Å². The molecule has 3 saturated heterocycles. The zero-order chi connectivity index (χ0) is 53.8. The van der Waals surface area contributed by atoms with Crippen LogP contribution in [0.5, 0.6) is 0 Å². The van der Waals surface area contributed by atoms with E-state index >= 15 is 0 Å². The van der Waals surface area contributed by atoms with Crippen molar-refractivity contribution in [1.29, 1.82) is 0 Å². The van der Waals surface area contributed by atoms with Crippen LogP contribution in [0.4, 0.5) is 17.5 Å². The van der Waals surface area contributed by atoms with Crippen molar-refractivity contribution in [2.45, 2.75) is 73.6 Å². The largest absolute Gasteiger partial charge is 0.412 e. The van der Waals surface area contributed by atoms with E-state index in [0.717, 1.165) is 5.33 Å². The standard InChI is InChI=1S/C20H19N5O5.C13H15N5O4.C10H13N5O4.C3H5Br.H3N.H2O/c1-2-8-29-16-15(27)13(9-26)30-20(16)25-11-23-14-17(21-10-22-18(14)25)24-19(28)12-6-4-3-5-7-12;1-2-3-21-10-9(20)7(4-19)22-13(10)18-6-17-8-11(14)15-5-16-12(8)18;11-8-5-9(13-2-12-8)15(3-14-5)10-7(18)6(17)4(1-16)19-10;1-2-3-4;;/h1,3-7,10-11,13,15-16,20,26-27H,8-9H2,(H,21,22,24,28);1,5-7,9-10,13,19-20H,3-4H2,(H2,14,15,16);2-4,6-7,10,16-18H,1H2,(H2,11,12,13);2H,1,3H2;1H3;1H2/t13-,15?,16+,20-;7-,9?,10+,13-;4-,6?,7+,10-;;;/m111.../s1. The van der Waals surface area contributed by atoms with Crippen LogP contribution in [0.2, 0.25) is 0 Å². The van der Waals surface area contributed by atoms with Gasteiger partial charge in [-0.1, -0.05) is 52.0 Å². The second-order valence-electron chi connectivity index (χ2n) is 16.1. The number of nitrogen functional groups attached to an aromatic ring is 2. The van der Waals surface area contributed by atoms with Crippen LogP contribution in [0.15, 0.2) is 81.0 Å². The maximum atomic E-state index is 12.5. The highest BCUT2D eigenvalue weighted by Crippen LogP contribution is 2.36. The number of rotatable bonds is 13. The van der Waals surface area contributed by atoms with E-state index < -0.39 is 86.8 Å². The van der Waals surface area contributed by atoms with Gasteiger partial charge in [-0.3, -0.25) is 18.5 Å². The van der Waals surface area contributed by atoms with Crippen LogP contribution in [0.3, 0.4) is 0 Å². The number of nitrogens with zero attached hydrogens (tertiary/aromatic N) is 12. The Balaban J connectivity index is 0.000000208. The monoisotopic (exact) mass is 1140 g/mol. The minimum Gasteiger partial charge on any atom is -0.412 e. The molecule has 0 aliphatic carbocycles. The summed E-state index contributed by atoms with van der Waals surface area (Å²) in [6.45, 7) is 2.26. The van der Waals surface area contributed by atoms with Gasteiger partial charge in [0.15, 0.2) is 58.6 Å². The summed E-state index contributed by atoms with van der Waals surface area (Å²) < 4.78 is 32.4. The number of ether oxygens (including phenoxy) is 5. The van der Waals surface area contributed by atoms with E-state index in [2.05, 4.69) is 84.5 Å². The number of imidazole rings is 3. The van der Waals surface area contributed by atoms with E-state index in [1.165, 1.54) is 42.5 Å². The number of nitrogens with two attached hydrogens (primary N) is 2. The van der Waals surface area contributed by atoms with Crippen molar-refractivity contribution in [2.75, 3.05) is 55.1 Å². The second-order valence-corrected chi connectivity index (χ2v) is 16.8. The molecule has 10 rings (SSSR count). The summed E-state index contributed by atoms with van der Waals surface area (Å²) in [7, 11) is 0. The van der Waals surface area contributed by atoms with Crippen LogP contribution in [0.25, 0.3) is 33.5 Å². The van der Waals surface area contributed by atoms with Crippen molar-refractivity contribution in [3.63, 3.8) is 0 Å². The number of nitrogens with one attached hydrogen (secondary N) is 1. The van der Waals surface area contributed by atoms with Crippen molar-refractivity contribution in [2.24, 2.45) is 0 Å². The molecule has 9 heterocycles. The van der Waals surface area contributed by atoms with E-state index in [9.17, 15) is 35.4 Å². The van der Waals surface area contributed by atoms with Crippen LogP contribution in [0.1, 0.15) is 29.0 Å². The Labute approximate surface area is 445 Å². The van der Waals surface area contributed by atoms with Gasteiger partial charge in [0.25, 0.3) is 5.91 Å². The number of halogens is 1. The molecular formula is C46H57BrN16O14. The van der Waals surface area contributed by atoms with Gasteiger partial charge >= 0.3 is 0 Å². The summed E-state index contributed by atoms with van der Waals surface area (Å²) >= 11 is 3.13. The second kappa shape index (κ2) is 28.2. The van der Waals surface area contributed by atoms with Crippen molar-refractivity contribution < 1.29 is 69.7 Å². The Morgan fingerprint density at radius 2 is 1.06 bits per heavy atom. The molecule has 3 fully saturated rings. The van der Waals surface area contributed by atoms with E-state index in [0.29, 0.717) is 39.1 Å². The number of hydrogen-bond donors (Lipinski definition) is 11. The minimum atomic E-state index is -1.19. The summed E-state index contributed by atoms with van der Waals surface area (Å²) in [4.78, 5) is 49.2. The molecule has 412 valence electrons. The summed E-state index contributed by atoms with van der Waals surface area (Å²) in [6.07, 6.45) is 9.40. The maximum absolute atomic E-state index is 12.5. The van der Waals surface area contributed by atoms with Crippen molar-refractivity contribution in [3.05, 3.63) is 86.5 Å². The highest BCUT2D eigenvalue weighted by Gasteiger charge is 2.47. The zero-order valence-electron chi connectivity index (χ0n) is 40.6. The van der Waals surface area contributed by atoms with Gasteiger partial charge < -0.3 is 87.8 Å². The molecule has 12 atom stereocenters. The lowest BCUT2D eigenvalue weighted by molar-refractivity contribution is -0.0636. The molecular weight excluding hydrogens is 1080 g/mol. The van der Waals surface area contributed by atoms with E-state index in [1.807, 2.05) is 6.07 Å². The third-order valence-corrected chi connectivity index (χ3v) is 12.0. The third-order valence-electron chi connectivity index (χ3n) is 11.6. The first-order valence-corrected chi connectivity index (χ1v) is 23.7. The summed E-state index contributed by atoms with van der Waals surface area (Å²) in [5.74, 6) is 5.03.